The predicted molar refractivity (Wildman–Crippen MR) is 148 cm³/mol. The summed E-state index contributed by atoms with van der Waals surface area (Å²) in [6.07, 6.45) is 3.96. The van der Waals surface area contributed by atoms with Gasteiger partial charge in [-0.1, -0.05) is 45.7 Å². The number of nitrogens with zero attached hydrogens (tertiary/aromatic N) is 2. The van der Waals surface area contributed by atoms with Gasteiger partial charge in [0.25, 0.3) is 11.7 Å². The summed E-state index contributed by atoms with van der Waals surface area (Å²) in [6, 6.07) is 12.3. The van der Waals surface area contributed by atoms with Crippen LogP contribution in [0.2, 0.25) is 0 Å². The Morgan fingerprint density at radius 1 is 1.11 bits per heavy atom. The molecular weight excluding hydrogens is 480 g/mol. The van der Waals surface area contributed by atoms with Gasteiger partial charge >= 0.3 is 0 Å². The van der Waals surface area contributed by atoms with Gasteiger partial charge in [-0.3, -0.25) is 9.59 Å². The molecule has 0 spiro atoms. The number of fused-ring (bicyclic) bond motifs is 1. The number of benzene rings is 2. The topological polar surface area (TPSA) is 79.3 Å². The predicted octanol–water partition coefficient (Wildman–Crippen LogP) is 5.34. The number of carbonyl (C=O) groups excluding carboxylic acids is 2. The number of hydrogen-bond acceptors (Lipinski definition) is 6. The SMILES string of the molecule is CCCCCOc1cccc([C@H]2/C(=C(\O)c3ccc4c(c3)C[C@@H](C)O4)C(=O)C(=O)N2CCN(CC)CC)c1. The summed E-state index contributed by atoms with van der Waals surface area (Å²) >= 11 is 0. The van der Waals surface area contributed by atoms with E-state index in [1.807, 2.05) is 43.3 Å². The third-order valence-electron chi connectivity index (χ3n) is 7.45. The zero-order valence-electron chi connectivity index (χ0n) is 23.0. The lowest BCUT2D eigenvalue weighted by Gasteiger charge is -2.28. The van der Waals surface area contributed by atoms with E-state index >= 15 is 0 Å². The Hall–Kier alpha value is -3.32. The van der Waals surface area contributed by atoms with E-state index in [2.05, 4.69) is 25.7 Å². The summed E-state index contributed by atoms with van der Waals surface area (Å²) in [4.78, 5) is 30.6. The second-order valence-electron chi connectivity index (χ2n) is 10.1. The molecule has 0 radical (unpaired) electrons. The lowest BCUT2D eigenvalue weighted by molar-refractivity contribution is -0.140. The molecule has 2 atom stereocenters. The maximum absolute atomic E-state index is 13.4. The van der Waals surface area contributed by atoms with Crippen LogP contribution in [-0.4, -0.2) is 65.5 Å². The molecule has 2 aliphatic rings. The average molecular weight is 521 g/mol. The molecule has 0 saturated carbocycles. The van der Waals surface area contributed by atoms with Crippen molar-refractivity contribution in [2.45, 2.75) is 65.5 Å². The number of likely N-dealkylation sites (tertiary alicyclic amines) is 1. The van der Waals surface area contributed by atoms with Crippen molar-refractivity contribution in [2.75, 3.05) is 32.8 Å². The zero-order chi connectivity index (χ0) is 27.2. The molecule has 204 valence electrons. The second-order valence-corrected chi connectivity index (χ2v) is 10.1. The standard InChI is InChI=1S/C31H40N2O5/c1-5-8-9-17-37-25-12-10-11-22(20-25)28-27(30(35)31(36)33(28)16-15-32(6-2)7-3)29(34)23-13-14-26-24(19-23)18-21(4)38-26/h10-14,19-21,28,34H,5-9,15-18H2,1-4H3/b29-27+/t21-,28+/m1/s1. The van der Waals surface area contributed by atoms with Crippen molar-refractivity contribution < 1.29 is 24.2 Å². The van der Waals surface area contributed by atoms with E-state index in [0.717, 1.165) is 55.6 Å². The maximum Gasteiger partial charge on any atom is 0.295 e. The van der Waals surface area contributed by atoms with Crippen LogP contribution >= 0.6 is 0 Å². The second kappa shape index (κ2) is 12.5. The number of aliphatic hydroxyl groups excluding tert-OH is 1. The number of carbonyl (C=O) groups is 2. The molecule has 1 fully saturated rings. The molecular formula is C31H40N2O5. The van der Waals surface area contributed by atoms with E-state index in [4.69, 9.17) is 9.47 Å². The highest BCUT2D eigenvalue weighted by molar-refractivity contribution is 6.46. The van der Waals surface area contributed by atoms with Crippen molar-refractivity contribution >= 4 is 17.4 Å². The Kier molecular flexibility index (Phi) is 9.10. The van der Waals surface area contributed by atoms with E-state index in [9.17, 15) is 14.7 Å². The fraction of sp³-hybridized carbons (Fsp3) is 0.484. The largest absolute Gasteiger partial charge is 0.507 e. The minimum Gasteiger partial charge on any atom is -0.507 e. The minimum atomic E-state index is -0.701. The first-order chi connectivity index (χ1) is 18.4. The van der Waals surface area contributed by atoms with Gasteiger partial charge in [-0.05, 0) is 67.9 Å². The number of Topliss-reactive ketones (excluding diaryl/α,β-unsaturated/α-hetero) is 1. The summed E-state index contributed by atoms with van der Waals surface area (Å²) in [5, 5.41) is 11.5. The van der Waals surface area contributed by atoms with Crippen LogP contribution < -0.4 is 9.47 Å². The first-order valence-corrected chi connectivity index (χ1v) is 13.9. The fourth-order valence-corrected chi connectivity index (χ4v) is 5.29. The number of aliphatic hydroxyl groups is 1. The number of rotatable bonds is 12. The molecule has 0 bridgehead atoms. The van der Waals surface area contributed by atoms with E-state index in [1.165, 1.54) is 0 Å². The number of unbranched alkanes of at least 4 members (excludes halogenated alkanes) is 2. The fourth-order valence-electron chi connectivity index (χ4n) is 5.29. The molecule has 2 aromatic carbocycles. The molecule has 1 amide bonds. The van der Waals surface area contributed by atoms with E-state index in [-0.39, 0.29) is 17.4 Å². The molecule has 0 unspecified atom stereocenters. The maximum atomic E-state index is 13.4. The number of ketones is 1. The molecule has 7 heteroatoms. The number of ether oxygens (including phenoxy) is 2. The van der Waals surface area contributed by atoms with Gasteiger partial charge in [-0.2, -0.15) is 0 Å². The number of likely N-dealkylation sites (N-methyl/N-ethyl adjacent to an activating group) is 1. The van der Waals surface area contributed by atoms with Crippen LogP contribution in [0.5, 0.6) is 11.5 Å². The highest BCUT2D eigenvalue weighted by atomic mass is 16.5. The van der Waals surface area contributed by atoms with Crippen LogP contribution in [0.1, 0.15) is 69.7 Å². The van der Waals surface area contributed by atoms with Gasteiger partial charge in [0.2, 0.25) is 0 Å². The highest BCUT2D eigenvalue weighted by Gasteiger charge is 2.46. The van der Waals surface area contributed by atoms with Crippen molar-refractivity contribution in [1.82, 2.24) is 9.80 Å². The molecule has 38 heavy (non-hydrogen) atoms. The average Bonchev–Trinajstić information content (AvgIpc) is 3.42. The smallest absolute Gasteiger partial charge is 0.295 e. The van der Waals surface area contributed by atoms with E-state index in [1.54, 1.807) is 11.0 Å². The van der Waals surface area contributed by atoms with E-state index < -0.39 is 17.7 Å². The summed E-state index contributed by atoms with van der Waals surface area (Å²) < 4.78 is 11.8. The van der Waals surface area contributed by atoms with E-state index in [0.29, 0.717) is 31.0 Å². The Bertz CT molecular complexity index is 1190. The monoisotopic (exact) mass is 520 g/mol. The van der Waals surface area contributed by atoms with Crippen molar-refractivity contribution in [3.8, 4) is 11.5 Å². The summed E-state index contributed by atoms with van der Waals surface area (Å²) in [7, 11) is 0. The van der Waals surface area contributed by atoms with Gasteiger partial charge in [0.15, 0.2) is 0 Å². The Labute approximate surface area is 226 Å². The van der Waals surface area contributed by atoms with Crippen LogP contribution in [-0.2, 0) is 16.0 Å². The van der Waals surface area contributed by atoms with Gasteiger partial charge in [0.05, 0.1) is 18.2 Å². The number of hydrogen-bond donors (Lipinski definition) is 1. The van der Waals surface area contributed by atoms with Crippen LogP contribution in [0.15, 0.2) is 48.0 Å². The zero-order valence-corrected chi connectivity index (χ0v) is 23.0. The van der Waals surface area contributed by atoms with Crippen molar-refractivity contribution in [1.29, 1.82) is 0 Å². The minimum absolute atomic E-state index is 0.0631. The Balaban J connectivity index is 1.73. The molecule has 2 aromatic rings. The Morgan fingerprint density at radius 2 is 1.89 bits per heavy atom. The molecule has 1 saturated heterocycles. The lowest BCUT2D eigenvalue weighted by Crippen LogP contribution is -2.38. The van der Waals surface area contributed by atoms with Crippen LogP contribution in [0, 0.1) is 0 Å². The quantitative estimate of drug-likeness (QED) is 0.176. The normalized spacial score (nSPS) is 20.2. The van der Waals surface area contributed by atoms with Gasteiger partial charge in [-0.25, -0.2) is 0 Å². The molecule has 2 aliphatic heterocycles. The molecule has 4 rings (SSSR count). The third kappa shape index (κ3) is 5.88. The first kappa shape index (κ1) is 27.7. The molecule has 0 aromatic heterocycles. The molecule has 7 nitrogen and oxygen atoms in total. The van der Waals surface area contributed by atoms with Crippen LogP contribution in [0.4, 0.5) is 0 Å². The lowest BCUT2D eigenvalue weighted by atomic mass is 9.94. The van der Waals surface area contributed by atoms with Gasteiger partial charge in [0, 0.05) is 25.1 Å². The van der Waals surface area contributed by atoms with Crippen LogP contribution in [0.3, 0.4) is 0 Å². The summed E-state index contributed by atoms with van der Waals surface area (Å²) in [5.74, 6) is 0.0765. The van der Waals surface area contributed by atoms with Gasteiger partial charge in [0.1, 0.15) is 23.4 Å². The van der Waals surface area contributed by atoms with Crippen molar-refractivity contribution in [2.24, 2.45) is 0 Å². The number of amides is 1. The van der Waals surface area contributed by atoms with Crippen LogP contribution in [0.25, 0.3) is 5.76 Å². The first-order valence-electron chi connectivity index (χ1n) is 13.9. The van der Waals surface area contributed by atoms with Crippen molar-refractivity contribution in [3.05, 3.63) is 64.7 Å². The van der Waals surface area contributed by atoms with Gasteiger partial charge < -0.3 is 24.4 Å². The molecule has 2 heterocycles. The molecule has 1 N–H and O–H groups in total. The third-order valence-corrected chi connectivity index (χ3v) is 7.45. The van der Waals surface area contributed by atoms with Crippen molar-refractivity contribution in [3.63, 3.8) is 0 Å². The molecule has 0 aliphatic carbocycles. The summed E-state index contributed by atoms with van der Waals surface area (Å²) in [6.45, 7) is 11.6. The summed E-state index contributed by atoms with van der Waals surface area (Å²) in [5.41, 5.74) is 2.36. The highest BCUT2D eigenvalue weighted by Crippen LogP contribution is 2.41. The van der Waals surface area contributed by atoms with Gasteiger partial charge in [-0.15, -0.1) is 0 Å². The Morgan fingerprint density at radius 3 is 2.63 bits per heavy atom.